The molecule has 0 amide bonds. The van der Waals surface area contributed by atoms with Crippen molar-refractivity contribution in [2.24, 2.45) is 0 Å². The van der Waals surface area contributed by atoms with Gasteiger partial charge in [0.25, 0.3) is 0 Å². The Hall–Kier alpha value is -1.81. The number of hydrogen-bond acceptors (Lipinski definition) is 5. The van der Waals surface area contributed by atoms with E-state index in [2.05, 4.69) is 5.32 Å². The lowest BCUT2D eigenvalue weighted by molar-refractivity contribution is 0.268. The number of benzene rings is 2. The van der Waals surface area contributed by atoms with Gasteiger partial charge >= 0.3 is 7.60 Å². The molecule has 0 aliphatic carbocycles. The molecule has 0 spiro atoms. The van der Waals surface area contributed by atoms with Crippen LogP contribution >= 0.6 is 7.60 Å². The summed E-state index contributed by atoms with van der Waals surface area (Å²) in [6, 6.07) is 15.1. The molecular weight excluding hydrogens is 313 g/mol. The third-order valence-electron chi connectivity index (χ3n) is 3.64. The van der Waals surface area contributed by atoms with Crippen LogP contribution in [0.15, 0.2) is 48.5 Å². The van der Waals surface area contributed by atoms with Gasteiger partial charge in [0.15, 0.2) is 5.78 Å². The molecule has 5 nitrogen and oxygen atoms in total. The highest BCUT2D eigenvalue weighted by Crippen LogP contribution is 2.59. The first-order chi connectivity index (χ1) is 11.0. The Kier molecular flexibility index (Phi) is 5.83. The van der Waals surface area contributed by atoms with Crippen LogP contribution in [0, 0.1) is 6.92 Å². The van der Waals surface area contributed by atoms with E-state index in [1.807, 2.05) is 55.5 Å². The lowest BCUT2D eigenvalue weighted by atomic mass is 10.2. The van der Waals surface area contributed by atoms with Crippen LogP contribution in [0.5, 0.6) is 5.75 Å². The van der Waals surface area contributed by atoms with Crippen molar-refractivity contribution in [1.82, 2.24) is 0 Å². The Morgan fingerprint density at radius 1 is 1.00 bits per heavy atom. The Labute approximate surface area is 137 Å². The van der Waals surface area contributed by atoms with Crippen LogP contribution in [0.1, 0.15) is 16.9 Å². The van der Waals surface area contributed by atoms with E-state index in [1.54, 1.807) is 7.11 Å². The predicted molar refractivity (Wildman–Crippen MR) is 92.2 cm³/mol. The molecule has 0 aromatic heterocycles. The number of methoxy groups -OCH3 is 1. The van der Waals surface area contributed by atoms with E-state index in [1.165, 1.54) is 14.2 Å². The monoisotopic (exact) mass is 335 g/mol. The third-order valence-corrected chi connectivity index (χ3v) is 5.72. The van der Waals surface area contributed by atoms with Gasteiger partial charge in [-0.3, -0.25) is 4.57 Å². The maximum Gasteiger partial charge on any atom is 0.356 e. The van der Waals surface area contributed by atoms with Crippen molar-refractivity contribution < 1.29 is 18.3 Å². The smallest absolute Gasteiger partial charge is 0.356 e. The Balaban J connectivity index is 2.39. The van der Waals surface area contributed by atoms with Gasteiger partial charge in [0.05, 0.1) is 7.11 Å². The summed E-state index contributed by atoms with van der Waals surface area (Å²) in [6.07, 6.45) is 0. The lowest BCUT2D eigenvalue weighted by Crippen LogP contribution is -2.13. The van der Waals surface area contributed by atoms with Gasteiger partial charge in [0.2, 0.25) is 0 Å². The van der Waals surface area contributed by atoms with E-state index in [0.29, 0.717) is 0 Å². The SMILES string of the molecule is COc1ccc(N[C@@H](c2ccccc2)P(=O)(OC)OC)cc1C. The zero-order chi connectivity index (χ0) is 16.9. The Morgan fingerprint density at radius 3 is 2.17 bits per heavy atom. The van der Waals surface area contributed by atoms with Gasteiger partial charge in [-0.25, -0.2) is 0 Å². The molecule has 0 aliphatic rings. The Morgan fingerprint density at radius 2 is 1.65 bits per heavy atom. The molecule has 0 saturated carbocycles. The van der Waals surface area contributed by atoms with Crippen molar-refractivity contribution in [1.29, 1.82) is 0 Å². The second-order valence-corrected chi connectivity index (χ2v) is 7.37. The third kappa shape index (κ3) is 3.94. The van der Waals surface area contributed by atoms with Crippen LogP contribution in [0.3, 0.4) is 0 Å². The fourth-order valence-electron chi connectivity index (χ4n) is 2.39. The minimum atomic E-state index is -3.35. The van der Waals surface area contributed by atoms with Crippen molar-refractivity contribution in [2.75, 3.05) is 26.6 Å². The molecule has 0 saturated heterocycles. The summed E-state index contributed by atoms with van der Waals surface area (Å²) in [5, 5.41) is 3.26. The van der Waals surface area contributed by atoms with Gasteiger partial charge in [-0.1, -0.05) is 30.3 Å². The molecule has 2 aromatic carbocycles. The van der Waals surface area contributed by atoms with Gasteiger partial charge in [0.1, 0.15) is 5.75 Å². The van der Waals surface area contributed by atoms with Crippen LogP contribution in [-0.4, -0.2) is 21.3 Å². The van der Waals surface area contributed by atoms with Crippen molar-refractivity contribution in [2.45, 2.75) is 12.7 Å². The summed E-state index contributed by atoms with van der Waals surface area (Å²) in [6.45, 7) is 1.95. The quantitative estimate of drug-likeness (QED) is 0.749. The second kappa shape index (κ2) is 7.64. The van der Waals surface area contributed by atoms with Crippen molar-refractivity contribution in [3.8, 4) is 5.75 Å². The first kappa shape index (κ1) is 17.5. The number of rotatable bonds is 7. The van der Waals surface area contributed by atoms with Gasteiger partial charge in [-0.2, -0.15) is 0 Å². The highest BCUT2D eigenvalue weighted by atomic mass is 31.2. The average Bonchev–Trinajstić information content (AvgIpc) is 2.60. The van der Waals surface area contributed by atoms with Crippen LogP contribution in [0.25, 0.3) is 0 Å². The lowest BCUT2D eigenvalue weighted by Gasteiger charge is -2.26. The summed E-state index contributed by atoms with van der Waals surface area (Å²) >= 11 is 0. The Bertz CT molecular complexity index is 682. The van der Waals surface area contributed by atoms with Crippen LogP contribution in [0.2, 0.25) is 0 Å². The van der Waals surface area contributed by atoms with Gasteiger partial charge in [-0.15, -0.1) is 0 Å². The number of anilines is 1. The largest absolute Gasteiger partial charge is 0.496 e. The van der Waals surface area contributed by atoms with Gasteiger partial charge in [-0.05, 0) is 36.2 Å². The maximum absolute atomic E-state index is 12.9. The predicted octanol–water partition coefficient (Wildman–Crippen LogP) is 4.60. The highest BCUT2D eigenvalue weighted by Gasteiger charge is 2.35. The first-order valence-electron chi connectivity index (χ1n) is 7.21. The molecule has 2 aromatic rings. The molecule has 0 aliphatic heterocycles. The molecule has 0 heterocycles. The fourth-order valence-corrected chi connectivity index (χ4v) is 3.81. The zero-order valence-corrected chi connectivity index (χ0v) is 14.7. The molecule has 6 heteroatoms. The van der Waals surface area contributed by atoms with E-state index in [4.69, 9.17) is 13.8 Å². The van der Waals surface area contributed by atoms with Crippen LogP contribution in [0.4, 0.5) is 5.69 Å². The first-order valence-corrected chi connectivity index (χ1v) is 8.82. The second-order valence-electron chi connectivity index (χ2n) is 5.05. The van der Waals surface area contributed by atoms with E-state index < -0.39 is 13.4 Å². The highest BCUT2D eigenvalue weighted by molar-refractivity contribution is 7.54. The molecule has 0 bridgehead atoms. The van der Waals surface area contributed by atoms with Crippen molar-refractivity contribution >= 4 is 13.3 Å². The molecule has 1 atom stereocenters. The summed E-state index contributed by atoms with van der Waals surface area (Å²) in [7, 11) is 1.06. The van der Waals surface area contributed by atoms with Crippen LogP contribution in [-0.2, 0) is 13.6 Å². The van der Waals surface area contributed by atoms with E-state index in [9.17, 15) is 4.57 Å². The molecule has 124 valence electrons. The van der Waals surface area contributed by atoms with E-state index in [0.717, 1.165) is 22.6 Å². The fraction of sp³-hybridized carbons (Fsp3) is 0.294. The maximum atomic E-state index is 12.9. The molecule has 23 heavy (non-hydrogen) atoms. The van der Waals surface area contributed by atoms with Gasteiger partial charge in [0, 0.05) is 19.9 Å². The van der Waals surface area contributed by atoms with Crippen LogP contribution < -0.4 is 10.1 Å². The number of ether oxygens (including phenoxy) is 1. The summed E-state index contributed by atoms with van der Waals surface area (Å²) in [4.78, 5) is 0. The number of nitrogens with one attached hydrogen (secondary N) is 1. The summed E-state index contributed by atoms with van der Waals surface area (Å²) in [5.74, 6) is 0.194. The molecule has 1 N–H and O–H groups in total. The number of aryl methyl sites for hydroxylation is 1. The van der Waals surface area contributed by atoms with Gasteiger partial charge < -0.3 is 19.1 Å². The molecular formula is C17H22NO4P. The normalized spacial score (nSPS) is 12.7. The molecule has 0 radical (unpaired) electrons. The summed E-state index contributed by atoms with van der Waals surface area (Å²) in [5.41, 5.74) is 2.62. The standard InChI is InChI=1S/C17H22NO4P/c1-13-12-15(10-11-16(13)20-2)18-17(23(19,21-3)22-4)14-8-6-5-7-9-14/h5-12,17-18H,1-4H3/t17-/m1/s1. The van der Waals surface area contributed by atoms with E-state index in [-0.39, 0.29) is 0 Å². The topological polar surface area (TPSA) is 56.8 Å². The number of hydrogen-bond donors (Lipinski definition) is 1. The molecule has 2 rings (SSSR count). The molecule has 0 fully saturated rings. The van der Waals surface area contributed by atoms with Crippen molar-refractivity contribution in [3.63, 3.8) is 0 Å². The minimum absolute atomic E-state index is 0.605. The summed E-state index contributed by atoms with van der Waals surface area (Å²) < 4.78 is 28.6. The zero-order valence-electron chi connectivity index (χ0n) is 13.8. The minimum Gasteiger partial charge on any atom is -0.496 e. The van der Waals surface area contributed by atoms with E-state index >= 15 is 0 Å². The average molecular weight is 335 g/mol. The van der Waals surface area contributed by atoms with Crippen molar-refractivity contribution in [3.05, 3.63) is 59.7 Å². The molecule has 0 unspecified atom stereocenters.